The predicted octanol–water partition coefficient (Wildman–Crippen LogP) is 2.60. The normalized spacial score (nSPS) is 16.4. The molecule has 0 saturated carbocycles. The van der Waals surface area contributed by atoms with Gasteiger partial charge < -0.3 is 9.84 Å². The van der Waals surface area contributed by atoms with Crippen LogP contribution in [-0.2, 0) is 9.59 Å². The van der Waals surface area contributed by atoms with E-state index < -0.39 is 11.9 Å². The van der Waals surface area contributed by atoms with Gasteiger partial charge in [0.2, 0.25) is 0 Å². The van der Waals surface area contributed by atoms with Crippen LogP contribution in [0.5, 0.6) is 5.75 Å². The fourth-order valence-corrected chi connectivity index (χ4v) is 2.86. The van der Waals surface area contributed by atoms with Crippen LogP contribution in [0.1, 0.15) is 18.4 Å². The molecule has 1 fully saturated rings. The Labute approximate surface area is 131 Å². The number of thioether (sulfide) groups is 1. The van der Waals surface area contributed by atoms with Gasteiger partial charge in [-0.1, -0.05) is 18.2 Å². The highest BCUT2D eigenvalue weighted by Gasteiger charge is 2.34. The molecule has 1 aromatic carbocycles. The van der Waals surface area contributed by atoms with Crippen molar-refractivity contribution in [3.63, 3.8) is 0 Å². The number of amides is 2. The van der Waals surface area contributed by atoms with E-state index in [1.165, 1.54) is 7.11 Å². The van der Waals surface area contributed by atoms with Gasteiger partial charge in [0.05, 0.1) is 12.0 Å². The Kier molecular flexibility index (Phi) is 5.21. The van der Waals surface area contributed by atoms with E-state index in [0.717, 1.165) is 16.7 Å². The van der Waals surface area contributed by atoms with E-state index in [-0.39, 0.29) is 24.6 Å². The van der Waals surface area contributed by atoms with Gasteiger partial charge in [-0.2, -0.15) is 0 Å². The lowest BCUT2D eigenvalue weighted by atomic mass is 10.2. The average molecular weight is 321 g/mol. The highest BCUT2D eigenvalue weighted by atomic mass is 32.2. The van der Waals surface area contributed by atoms with Crippen molar-refractivity contribution in [1.29, 1.82) is 0 Å². The highest BCUT2D eigenvalue weighted by Crippen LogP contribution is 2.33. The Morgan fingerprint density at radius 3 is 2.77 bits per heavy atom. The maximum Gasteiger partial charge on any atom is 0.303 e. The zero-order chi connectivity index (χ0) is 16.1. The van der Waals surface area contributed by atoms with Gasteiger partial charge in [0.25, 0.3) is 11.1 Å². The molecule has 0 unspecified atom stereocenters. The lowest BCUT2D eigenvalue weighted by molar-refractivity contribution is -0.137. The SMILES string of the molecule is COc1ccccc1/C=C1\SC(=O)N(CCCC(=O)O)C1=O. The van der Waals surface area contributed by atoms with Gasteiger partial charge in [0.15, 0.2) is 0 Å². The van der Waals surface area contributed by atoms with Gasteiger partial charge in [-0.05, 0) is 30.3 Å². The molecule has 2 amide bonds. The lowest BCUT2D eigenvalue weighted by Gasteiger charge is -2.10. The van der Waals surface area contributed by atoms with E-state index >= 15 is 0 Å². The van der Waals surface area contributed by atoms with E-state index in [2.05, 4.69) is 0 Å². The molecule has 7 heteroatoms. The number of carbonyl (C=O) groups excluding carboxylic acids is 2. The van der Waals surface area contributed by atoms with E-state index in [4.69, 9.17) is 9.84 Å². The van der Waals surface area contributed by atoms with E-state index in [1.54, 1.807) is 18.2 Å². The summed E-state index contributed by atoms with van der Waals surface area (Å²) >= 11 is 0.850. The number of rotatable bonds is 6. The minimum absolute atomic E-state index is 0.0761. The molecule has 6 nitrogen and oxygen atoms in total. The molecule has 0 spiro atoms. The summed E-state index contributed by atoms with van der Waals surface area (Å²) in [5.41, 5.74) is 0.709. The Morgan fingerprint density at radius 2 is 2.09 bits per heavy atom. The minimum atomic E-state index is -0.948. The van der Waals surface area contributed by atoms with Crippen molar-refractivity contribution < 1.29 is 24.2 Å². The zero-order valence-electron chi connectivity index (χ0n) is 11.9. The number of aliphatic carboxylic acids is 1. The molecule has 116 valence electrons. The summed E-state index contributed by atoms with van der Waals surface area (Å²) in [7, 11) is 1.53. The minimum Gasteiger partial charge on any atom is -0.496 e. The first-order valence-corrected chi connectivity index (χ1v) is 7.44. The molecule has 2 rings (SSSR count). The summed E-state index contributed by atoms with van der Waals surface area (Å²) in [5.74, 6) is -0.733. The fraction of sp³-hybridized carbons (Fsp3) is 0.267. The smallest absolute Gasteiger partial charge is 0.303 e. The van der Waals surface area contributed by atoms with Crippen molar-refractivity contribution in [3.05, 3.63) is 34.7 Å². The molecule has 0 aromatic heterocycles. The molecular formula is C15H15NO5S. The number of ether oxygens (including phenoxy) is 1. The quantitative estimate of drug-likeness (QED) is 0.811. The second kappa shape index (κ2) is 7.13. The summed E-state index contributed by atoms with van der Waals surface area (Å²) in [6.45, 7) is 0.111. The highest BCUT2D eigenvalue weighted by molar-refractivity contribution is 8.18. The summed E-state index contributed by atoms with van der Waals surface area (Å²) in [5, 5.41) is 8.23. The molecule has 0 radical (unpaired) electrons. The Morgan fingerprint density at radius 1 is 1.36 bits per heavy atom. The van der Waals surface area contributed by atoms with E-state index in [0.29, 0.717) is 16.2 Å². The van der Waals surface area contributed by atoms with Crippen molar-refractivity contribution in [2.75, 3.05) is 13.7 Å². The van der Waals surface area contributed by atoms with Crippen LogP contribution in [0, 0.1) is 0 Å². The van der Waals surface area contributed by atoms with Crippen LogP contribution in [0.25, 0.3) is 6.08 Å². The number of hydrogen-bond acceptors (Lipinski definition) is 5. The van der Waals surface area contributed by atoms with Crippen LogP contribution in [0.3, 0.4) is 0 Å². The molecule has 1 heterocycles. The molecule has 1 aliphatic heterocycles. The molecule has 0 aliphatic carbocycles. The maximum absolute atomic E-state index is 12.2. The Bertz CT molecular complexity index is 641. The monoisotopic (exact) mass is 321 g/mol. The Balaban J connectivity index is 2.13. The second-order valence-electron chi connectivity index (χ2n) is 4.57. The van der Waals surface area contributed by atoms with Crippen molar-refractivity contribution in [3.8, 4) is 5.75 Å². The topological polar surface area (TPSA) is 83.9 Å². The number of carbonyl (C=O) groups is 3. The van der Waals surface area contributed by atoms with Gasteiger partial charge in [-0.3, -0.25) is 19.3 Å². The average Bonchev–Trinajstić information content (AvgIpc) is 2.75. The third-order valence-corrected chi connectivity index (χ3v) is 3.98. The van der Waals surface area contributed by atoms with Crippen molar-refractivity contribution >= 4 is 35.0 Å². The number of benzene rings is 1. The van der Waals surface area contributed by atoms with Gasteiger partial charge in [0.1, 0.15) is 5.75 Å². The molecule has 1 N–H and O–H groups in total. The summed E-state index contributed by atoms with van der Waals surface area (Å²) < 4.78 is 5.21. The zero-order valence-corrected chi connectivity index (χ0v) is 12.8. The van der Waals surface area contributed by atoms with Crippen molar-refractivity contribution in [2.45, 2.75) is 12.8 Å². The number of para-hydroxylation sites is 1. The van der Waals surface area contributed by atoms with Crippen LogP contribution < -0.4 is 4.74 Å². The van der Waals surface area contributed by atoms with Crippen molar-refractivity contribution in [2.24, 2.45) is 0 Å². The van der Waals surface area contributed by atoms with E-state index in [1.807, 2.05) is 12.1 Å². The molecule has 1 saturated heterocycles. The van der Waals surface area contributed by atoms with Crippen LogP contribution in [0.4, 0.5) is 4.79 Å². The van der Waals surface area contributed by atoms with Gasteiger partial charge in [-0.25, -0.2) is 0 Å². The summed E-state index contributed by atoms with van der Waals surface area (Å²) in [4.78, 5) is 36.0. The third kappa shape index (κ3) is 3.67. The largest absolute Gasteiger partial charge is 0.496 e. The van der Waals surface area contributed by atoms with Crippen LogP contribution in [0.2, 0.25) is 0 Å². The number of nitrogens with zero attached hydrogens (tertiary/aromatic N) is 1. The number of methoxy groups -OCH3 is 1. The maximum atomic E-state index is 12.2. The first-order chi connectivity index (χ1) is 10.5. The summed E-state index contributed by atoms with van der Waals surface area (Å²) in [6, 6.07) is 7.18. The third-order valence-electron chi connectivity index (χ3n) is 3.07. The molecule has 1 aliphatic rings. The van der Waals surface area contributed by atoms with Gasteiger partial charge in [-0.15, -0.1) is 0 Å². The first kappa shape index (κ1) is 16.1. The van der Waals surface area contributed by atoms with E-state index in [9.17, 15) is 14.4 Å². The standard InChI is InChI=1S/C15H15NO5S/c1-21-11-6-3-2-5-10(11)9-12-14(19)16(15(20)22-12)8-4-7-13(17)18/h2-3,5-6,9H,4,7-8H2,1H3,(H,17,18)/b12-9-. The number of carboxylic acids is 1. The fourth-order valence-electron chi connectivity index (χ4n) is 2.01. The van der Waals surface area contributed by atoms with Gasteiger partial charge in [0, 0.05) is 18.5 Å². The number of imide groups is 1. The molecular weight excluding hydrogens is 306 g/mol. The van der Waals surface area contributed by atoms with Gasteiger partial charge >= 0.3 is 5.97 Å². The first-order valence-electron chi connectivity index (χ1n) is 6.63. The molecule has 22 heavy (non-hydrogen) atoms. The van der Waals surface area contributed by atoms with Crippen LogP contribution in [0.15, 0.2) is 29.2 Å². The van der Waals surface area contributed by atoms with Crippen LogP contribution in [-0.4, -0.2) is 40.8 Å². The molecule has 0 bridgehead atoms. The second-order valence-corrected chi connectivity index (χ2v) is 5.57. The molecule has 0 atom stereocenters. The van der Waals surface area contributed by atoms with Crippen LogP contribution >= 0.6 is 11.8 Å². The number of hydrogen-bond donors (Lipinski definition) is 1. The number of carboxylic acid groups (broad SMARTS) is 1. The lowest BCUT2D eigenvalue weighted by Crippen LogP contribution is -2.29. The Hall–Kier alpha value is -2.28. The molecule has 1 aromatic rings. The predicted molar refractivity (Wildman–Crippen MR) is 82.5 cm³/mol. The van der Waals surface area contributed by atoms with Crippen molar-refractivity contribution in [1.82, 2.24) is 4.90 Å². The summed E-state index contributed by atoms with van der Waals surface area (Å²) in [6.07, 6.45) is 1.78.